The van der Waals surface area contributed by atoms with Crippen molar-refractivity contribution in [3.63, 3.8) is 0 Å². The molecule has 160 valence electrons. The van der Waals surface area contributed by atoms with Crippen molar-refractivity contribution in [1.82, 2.24) is 9.88 Å². The number of anilines is 1. The van der Waals surface area contributed by atoms with E-state index >= 15 is 0 Å². The van der Waals surface area contributed by atoms with Crippen molar-refractivity contribution >= 4 is 28.5 Å². The number of aromatic nitrogens is 1. The first-order chi connectivity index (χ1) is 14.2. The molecule has 9 heteroatoms. The van der Waals surface area contributed by atoms with Crippen LogP contribution in [0.5, 0.6) is 11.5 Å². The van der Waals surface area contributed by atoms with E-state index in [-0.39, 0.29) is 12.0 Å². The minimum absolute atomic E-state index is 0.313. The largest absolute Gasteiger partial charge is 0.482 e. The Labute approximate surface area is 179 Å². The number of ether oxygens (including phenoxy) is 3. The van der Waals surface area contributed by atoms with Crippen LogP contribution in [0.4, 0.5) is 9.93 Å². The van der Waals surface area contributed by atoms with Crippen molar-refractivity contribution in [2.45, 2.75) is 58.5 Å². The van der Waals surface area contributed by atoms with E-state index in [9.17, 15) is 9.59 Å². The van der Waals surface area contributed by atoms with Gasteiger partial charge in [0.25, 0.3) is 5.91 Å². The summed E-state index contributed by atoms with van der Waals surface area (Å²) in [6.07, 6.45) is -0.933. The van der Waals surface area contributed by atoms with Crippen LogP contribution in [0.25, 0.3) is 0 Å². The predicted molar refractivity (Wildman–Crippen MR) is 112 cm³/mol. The standard InChI is InChI=1S/C21H25N3O5S/c1-12-17(28-15-8-6-5-7-14(15)27-12)18(25)23-19-22-13-9-10-24(11-16(13)30-19)20(26)29-21(2,3)4/h5-8,12,17H,9-11H2,1-4H3,(H,22,23,25)/t12-,17-/m1/s1. The summed E-state index contributed by atoms with van der Waals surface area (Å²) in [4.78, 5) is 32.3. The van der Waals surface area contributed by atoms with Crippen molar-refractivity contribution in [3.05, 3.63) is 34.8 Å². The number of hydrogen-bond donors (Lipinski definition) is 1. The second kappa shape index (κ2) is 7.79. The highest BCUT2D eigenvalue weighted by atomic mass is 32.1. The van der Waals surface area contributed by atoms with Crippen LogP contribution in [-0.4, -0.2) is 46.2 Å². The molecule has 30 heavy (non-hydrogen) atoms. The fraction of sp³-hybridized carbons (Fsp3) is 0.476. The van der Waals surface area contributed by atoms with Gasteiger partial charge in [-0.1, -0.05) is 23.5 Å². The third-order valence-corrected chi connectivity index (χ3v) is 5.71. The second-order valence-electron chi connectivity index (χ2n) is 8.34. The van der Waals surface area contributed by atoms with Crippen molar-refractivity contribution in [2.24, 2.45) is 0 Å². The number of thiazole rings is 1. The Morgan fingerprint density at radius 3 is 2.63 bits per heavy atom. The number of nitrogens with zero attached hydrogens (tertiary/aromatic N) is 2. The number of benzene rings is 1. The van der Waals surface area contributed by atoms with E-state index in [0.29, 0.717) is 36.1 Å². The molecule has 0 saturated heterocycles. The average molecular weight is 432 g/mol. The molecule has 2 atom stereocenters. The molecule has 0 bridgehead atoms. The fourth-order valence-corrected chi connectivity index (χ4v) is 4.34. The molecule has 0 unspecified atom stereocenters. The lowest BCUT2D eigenvalue weighted by atomic mass is 10.1. The third-order valence-electron chi connectivity index (χ3n) is 4.71. The molecule has 0 radical (unpaired) electrons. The number of hydrogen-bond acceptors (Lipinski definition) is 7. The molecule has 8 nitrogen and oxygen atoms in total. The highest BCUT2D eigenvalue weighted by molar-refractivity contribution is 7.15. The van der Waals surface area contributed by atoms with Crippen LogP contribution in [0.1, 0.15) is 38.3 Å². The van der Waals surface area contributed by atoms with E-state index in [1.807, 2.05) is 39.0 Å². The lowest BCUT2D eigenvalue weighted by Gasteiger charge is -2.30. The molecule has 0 saturated carbocycles. The summed E-state index contributed by atoms with van der Waals surface area (Å²) in [6.45, 7) is 8.29. The Bertz CT molecular complexity index is 968. The number of carbonyl (C=O) groups excluding carboxylic acids is 2. The van der Waals surface area contributed by atoms with Gasteiger partial charge in [-0.2, -0.15) is 0 Å². The normalized spacial score (nSPS) is 20.3. The summed E-state index contributed by atoms with van der Waals surface area (Å²) in [5, 5.41) is 3.33. The molecule has 1 aromatic heterocycles. The molecular weight excluding hydrogens is 406 g/mol. The van der Waals surface area contributed by atoms with Crippen molar-refractivity contribution in [2.75, 3.05) is 11.9 Å². The summed E-state index contributed by atoms with van der Waals surface area (Å²) in [7, 11) is 0. The molecule has 1 aromatic carbocycles. The number of rotatable bonds is 2. The van der Waals surface area contributed by atoms with Crippen LogP contribution in [0, 0.1) is 0 Å². The van der Waals surface area contributed by atoms with Crippen LogP contribution in [0.3, 0.4) is 0 Å². The summed E-state index contributed by atoms with van der Waals surface area (Å²) in [5.74, 6) is 0.857. The average Bonchev–Trinajstić information content (AvgIpc) is 3.07. The molecule has 2 aliphatic heterocycles. The maximum absolute atomic E-state index is 12.8. The van der Waals surface area contributed by atoms with E-state index < -0.39 is 17.8 Å². The molecule has 0 fully saturated rings. The van der Waals surface area contributed by atoms with Gasteiger partial charge in [-0.15, -0.1) is 0 Å². The number of amides is 2. The lowest BCUT2D eigenvalue weighted by Crippen LogP contribution is -2.46. The summed E-state index contributed by atoms with van der Waals surface area (Å²) < 4.78 is 17.1. The number of fused-ring (bicyclic) bond motifs is 2. The minimum atomic E-state index is -0.779. The highest BCUT2D eigenvalue weighted by Crippen LogP contribution is 2.34. The molecule has 2 amide bonds. The monoisotopic (exact) mass is 431 g/mol. The Balaban J connectivity index is 1.41. The molecule has 3 heterocycles. The summed E-state index contributed by atoms with van der Waals surface area (Å²) in [5.41, 5.74) is 0.357. The van der Waals surface area contributed by atoms with Gasteiger partial charge in [0.1, 0.15) is 11.7 Å². The van der Waals surface area contributed by atoms with Gasteiger partial charge in [-0.3, -0.25) is 10.1 Å². The fourth-order valence-electron chi connectivity index (χ4n) is 3.31. The number of carbonyl (C=O) groups is 2. The zero-order valence-corrected chi connectivity index (χ0v) is 18.2. The van der Waals surface area contributed by atoms with Crippen LogP contribution in [0.2, 0.25) is 0 Å². The highest BCUT2D eigenvalue weighted by Gasteiger charge is 2.35. The smallest absolute Gasteiger partial charge is 0.410 e. The first-order valence-corrected chi connectivity index (χ1v) is 10.7. The Morgan fingerprint density at radius 1 is 1.23 bits per heavy atom. The quantitative estimate of drug-likeness (QED) is 0.781. The van der Waals surface area contributed by atoms with Crippen molar-refractivity contribution in [3.8, 4) is 11.5 Å². The molecular formula is C21H25N3O5S. The van der Waals surface area contributed by atoms with Crippen molar-refractivity contribution < 1.29 is 23.8 Å². The van der Waals surface area contributed by atoms with Crippen LogP contribution >= 0.6 is 11.3 Å². The summed E-state index contributed by atoms with van der Waals surface area (Å²) >= 11 is 1.36. The Morgan fingerprint density at radius 2 is 1.93 bits per heavy atom. The maximum atomic E-state index is 12.8. The third kappa shape index (κ3) is 4.35. The van der Waals surface area contributed by atoms with Crippen LogP contribution in [-0.2, 0) is 22.5 Å². The van der Waals surface area contributed by atoms with Gasteiger partial charge in [0, 0.05) is 17.8 Å². The SMILES string of the molecule is C[C@H]1Oc2ccccc2O[C@H]1C(=O)Nc1nc2c(s1)CN(C(=O)OC(C)(C)C)CC2. The van der Waals surface area contributed by atoms with E-state index in [1.165, 1.54) is 11.3 Å². The molecule has 0 aliphatic carbocycles. The van der Waals surface area contributed by atoms with Crippen molar-refractivity contribution in [1.29, 1.82) is 0 Å². The Kier molecular flexibility index (Phi) is 5.31. The van der Waals surface area contributed by atoms with E-state index in [0.717, 1.165) is 10.6 Å². The van der Waals surface area contributed by atoms with Gasteiger partial charge in [0.15, 0.2) is 16.6 Å². The van der Waals surface area contributed by atoms with Gasteiger partial charge in [-0.05, 0) is 39.8 Å². The zero-order valence-electron chi connectivity index (χ0n) is 17.4. The predicted octanol–water partition coefficient (Wildman–Crippen LogP) is 3.60. The van der Waals surface area contributed by atoms with Gasteiger partial charge in [-0.25, -0.2) is 9.78 Å². The van der Waals surface area contributed by atoms with Gasteiger partial charge >= 0.3 is 6.09 Å². The van der Waals surface area contributed by atoms with Gasteiger partial charge < -0.3 is 19.1 Å². The van der Waals surface area contributed by atoms with Gasteiger partial charge in [0.2, 0.25) is 6.10 Å². The molecule has 1 N–H and O–H groups in total. The number of para-hydroxylation sites is 2. The van der Waals surface area contributed by atoms with Crippen LogP contribution < -0.4 is 14.8 Å². The second-order valence-corrected chi connectivity index (χ2v) is 9.42. The van der Waals surface area contributed by atoms with Crippen LogP contribution in [0.15, 0.2) is 24.3 Å². The summed E-state index contributed by atoms with van der Waals surface area (Å²) in [6, 6.07) is 7.27. The number of nitrogens with one attached hydrogen (secondary N) is 1. The first-order valence-electron chi connectivity index (χ1n) is 9.89. The van der Waals surface area contributed by atoms with E-state index in [4.69, 9.17) is 14.2 Å². The minimum Gasteiger partial charge on any atom is -0.482 e. The molecule has 2 aromatic rings. The molecule has 2 aliphatic rings. The maximum Gasteiger partial charge on any atom is 0.410 e. The van der Waals surface area contributed by atoms with E-state index in [2.05, 4.69) is 10.3 Å². The topological polar surface area (TPSA) is 90.0 Å². The molecule has 0 spiro atoms. The lowest BCUT2D eigenvalue weighted by molar-refractivity contribution is -0.128. The van der Waals surface area contributed by atoms with E-state index in [1.54, 1.807) is 17.9 Å². The molecule has 4 rings (SSSR count). The Hall–Kier alpha value is -2.81. The van der Waals surface area contributed by atoms with Gasteiger partial charge in [0.05, 0.1) is 12.2 Å². The zero-order chi connectivity index (χ0) is 21.5. The first kappa shape index (κ1) is 20.5.